The van der Waals surface area contributed by atoms with Crippen LogP contribution >= 0.6 is 0 Å². The average molecular weight is 436 g/mol. The first kappa shape index (κ1) is 22.0. The third kappa shape index (κ3) is 4.83. The summed E-state index contributed by atoms with van der Waals surface area (Å²) in [5.41, 5.74) is 3.91. The second-order valence-electron chi connectivity index (χ2n) is 8.55. The number of rotatable bonds is 6. The van der Waals surface area contributed by atoms with Gasteiger partial charge in [-0.1, -0.05) is 18.2 Å². The Morgan fingerprint density at radius 2 is 1.94 bits per heavy atom. The van der Waals surface area contributed by atoms with Gasteiger partial charge in [-0.15, -0.1) is 0 Å². The van der Waals surface area contributed by atoms with Gasteiger partial charge in [-0.05, 0) is 62.1 Å². The van der Waals surface area contributed by atoms with Gasteiger partial charge in [0, 0.05) is 31.8 Å². The molecule has 7 heteroatoms. The molecule has 2 saturated heterocycles. The van der Waals surface area contributed by atoms with E-state index in [1.807, 2.05) is 32.0 Å². The standard InChI is InChI=1S/C25H29N3O4/c1-16-9-10-19(12-17(16)2)28-15-18(13-23(28)29)24(30)27-22-8-4-3-7-21(22)25(31)26-14-20-6-5-11-32-20/h3-4,7-10,12,18,20H,5-6,11,13-15H2,1-2H3,(H,26,31)(H,27,30). The van der Waals surface area contributed by atoms with Crippen molar-refractivity contribution in [1.82, 2.24) is 5.32 Å². The number of carbonyl (C=O) groups is 3. The summed E-state index contributed by atoms with van der Waals surface area (Å²) in [5, 5.41) is 5.76. The highest BCUT2D eigenvalue weighted by Crippen LogP contribution is 2.28. The Balaban J connectivity index is 1.41. The van der Waals surface area contributed by atoms with Crippen molar-refractivity contribution in [3.8, 4) is 0 Å². The normalized spacial score (nSPS) is 20.4. The molecule has 2 aromatic carbocycles. The molecule has 2 aliphatic heterocycles. The van der Waals surface area contributed by atoms with Gasteiger partial charge in [0.25, 0.3) is 5.91 Å². The zero-order valence-electron chi connectivity index (χ0n) is 18.5. The van der Waals surface area contributed by atoms with E-state index in [2.05, 4.69) is 10.6 Å². The molecule has 4 rings (SSSR count). The molecule has 7 nitrogen and oxygen atoms in total. The molecule has 168 valence electrons. The summed E-state index contributed by atoms with van der Waals surface area (Å²) in [5.74, 6) is -1.07. The summed E-state index contributed by atoms with van der Waals surface area (Å²) in [6.07, 6.45) is 2.13. The van der Waals surface area contributed by atoms with Crippen molar-refractivity contribution in [2.75, 3.05) is 29.9 Å². The molecule has 32 heavy (non-hydrogen) atoms. The van der Waals surface area contributed by atoms with Crippen LogP contribution in [0, 0.1) is 19.8 Å². The lowest BCUT2D eigenvalue weighted by atomic mass is 10.1. The number of nitrogens with zero attached hydrogens (tertiary/aromatic N) is 1. The van der Waals surface area contributed by atoms with Crippen LogP contribution in [0.2, 0.25) is 0 Å². The molecule has 0 bridgehead atoms. The van der Waals surface area contributed by atoms with Crippen molar-refractivity contribution < 1.29 is 19.1 Å². The first-order chi connectivity index (χ1) is 15.4. The monoisotopic (exact) mass is 435 g/mol. The number of hydrogen-bond donors (Lipinski definition) is 2. The zero-order chi connectivity index (χ0) is 22.7. The largest absolute Gasteiger partial charge is 0.376 e. The van der Waals surface area contributed by atoms with Crippen LogP contribution in [-0.2, 0) is 14.3 Å². The van der Waals surface area contributed by atoms with Crippen LogP contribution in [0.5, 0.6) is 0 Å². The first-order valence-electron chi connectivity index (χ1n) is 11.1. The summed E-state index contributed by atoms with van der Waals surface area (Å²) in [6, 6.07) is 12.8. The van der Waals surface area contributed by atoms with Crippen LogP contribution < -0.4 is 15.5 Å². The van der Waals surface area contributed by atoms with Crippen molar-refractivity contribution in [2.24, 2.45) is 5.92 Å². The molecule has 0 spiro atoms. The van der Waals surface area contributed by atoms with E-state index < -0.39 is 5.92 Å². The highest BCUT2D eigenvalue weighted by Gasteiger charge is 2.35. The van der Waals surface area contributed by atoms with Crippen molar-refractivity contribution >= 4 is 29.1 Å². The fourth-order valence-electron chi connectivity index (χ4n) is 4.16. The van der Waals surface area contributed by atoms with Crippen LogP contribution in [0.1, 0.15) is 40.7 Å². The van der Waals surface area contributed by atoms with Gasteiger partial charge in [-0.25, -0.2) is 0 Å². The third-order valence-electron chi connectivity index (χ3n) is 6.24. The van der Waals surface area contributed by atoms with E-state index in [0.717, 1.165) is 36.3 Å². The Hall–Kier alpha value is -3.19. The number of amides is 3. The molecule has 2 aliphatic rings. The van der Waals surface area contributed by atoms with E-state index in [-0.39, 0.29) is 30.2 Å². The average Bonchev–Trinajstić information content (AvgIpc) is 3.44. The van der Waals surface area contributed by atoms with Crippen LogP contribution in [0.3, 0.4) is 0 Å². The molecule has 2 fully saturated rings. The molecule has 0 saturated carbocycles. The van der Waals surface area contributed by atoms with E-state index in [1.165, 1.54) is 0 Å². The summed E-state index contributed by atoms with van der Waals surface area (Å²) in [7, 11) is 0. The molecular weight excluding hydrogens is 406 g/mol. The number of nitrogens with one attached hydrogen (secondary N) is 2. The minimum Gasteiger partial charge on any atom is -0.376 e. The van der Waals surface area contributed by atoms with Crippen LogP contribution in [0.4, 0.5) is 11.4 Å². The molecule has 2 aromatic rings. The number of hydrogen-bond acceptors (Lipinski definition) is 4. The van der Waals surface area contributed by atoms with Crippen molar-refractivity contribution in [2.45, 2.75) is 39.2 Å². The lowest BCUT2D eigenvalue weighted by Crippen LogP contribution is -2.33. The quantitative estimate of drug-likeness (QED) is 0.729. The first-order valence-corrected chi connectivity index (χ1v) is 11.1. The molecule has 2 heterocycles. The molecule has 2 atom stereocenters. The minimum absolute atomic E-state index is 0.0431. The highest BCUT2D eigenvalue weighted by atomic mass is 16.5. The van der Waals surface area contributed by atoms with Gasteiger partial charge in [0.1, 0.15) is 0 Å². The van der Waals surface area contributed by atoms with Gasteiger partial charge in [0.2, 0.25) is 11.8 Å². The SMILES string of the molecule is Cc1ccc(N2CC(C(=O)Nc3ccccc3C(=O)NCC3CCCO3)CC2=O)cc1C. The van der Waals surface area contributed by atoms with Crippen LogP contribution in [0.25, 0.3) is 0 Å². The number of para-hydroxylation sites is 1. The zero-order valence-corrected chi connectivity index (χ0v) is 18.5. The smallest absolute Gasteiger partial charge is 0.253 e. The maximum Gasteiger partial charge on any atom is 0.253 e. The lowest BCUT2D eigenvalue weighted by Gasteiger charge is -2.18. The molecule has 2 unspecified atom stereocenters. The van der Waals surface area contributed by atoms with E-state index in [1.54, 1.807) is 29.2 Å². The second kappa shape index (κ2) is 9.53. The van der Waals surface area contributed by atoms with Gasteiger partial charge in [0.15, 0.2) is 0 Å². The number of benzene rings is 2. The molecule has 2 N–H and O–H groups in total. The van der Waals surface area contributed by atoms with E-state index in [9.17, 15) is 14.4 Å². The number of carbonyl (C=O) groups excluding carboxylic acids is 3. The number of aryl methyl sites for hydroxylation is 2. The summed E-state index contributed by atoms with van der Waals surface area (Å²) in [6.45, 7) is 5.52. The Kier molecular flexibility index (Phi) is 6.55. The maximum absolute atomic E-state index is 13.0. The fourth-order valence-corrected chi connectivity index (χ4v) is 4.16. The Morgan fingerprint density at radius 1 is 1.12 bits per heavy atom. The molecule has 3 amide bonds. The Morgan fingerprint density at radius 3 is 2.69 bits per heavy atom. The molecule has 0 radical (unpaired) electrons. The van der Waals surface area contributed by atoms with Crippen molar-refractivity contribution in [1.29, 1.82) is 0 Å². The van der Waals surface area contributed by atoms with Gasteiger partial charge >= 0.3 is 0 Å². The van der Waals surface area contributed by atoms with Gasteiger partial charge < -0.3 is 20.3 Å². The highest BCUT2D eigenvalue weighted by molar-refractivity contribution is 6.07. The van der Waals surface area contributed by atoms with Crippen LogP contribution in [0.15, 0.2) is 42.5 Å². The molecular formula is C25H29N3O4. The van der Waals surface area contributed by atoms with E-state index in [0.29, 0.717) is 24.3 Å². The lowest BCUT2D eigenvalue weighted by molar-refractivity contribution is -0.122. The van der Waals surface area contributed by atoms with E-state index >= 15 is 0 Å². The van der Waals surface area contributed by atoms with Gasteiger partial charge in [0.05, 0.1) is 23.3 Å². The molecule has 0 aliphatic carbocycles. The predicted octanol–water partition coefficient (Wildman–Crippen LogP) is 3.20. The predicted molar refractivity (Wildman–Crippen MR) is 123 cm³/mol. The number of anilines is 2. The summed E-state index contributed by atoms with van der Waals surface area (Å²) >= 11 is 0. The van der Waals surface area contributed by atoms with E-state index in [4.69, 9.17) is 4.74 Å². The summed E-state index contributed by atoms with van der Waals surface area (Å²) in [4.78, 5) is 39.9. The van der Waals surface area contributed by atoms with Gasteiger partial charge in [-0.2, -0.15) is 0 Å². The summed E-state index contributed by atoms with van der Waals surface area (Å²) < 4.78 is 5.55. The molecule has 0 aromatic heterocycles. The maximum atomic E-state index is 13.0. The third-order valence-corrected chi connectivity index (χ3v) is 6.24. The van der Waals surface area contributed by atoms with Crippen molar-refractivity contribution in [3.05, 3.63) is 59.2 Å². The second-order valence-corrected chi connectivity index (χ2v) is 8.55. The Labute approximate surface area is 188 Å². The number of ether oxygens (including phenoxy) is 1. The van der Waals surface area contributed by atoms with Crippen LogP contribution in [-0.4, -0.2) is 43.5 Å². The topological polar surface area (TPSA) is 87.7 Å². The van der Waals surface area contributed by atoms with Crippen molar-refractivity contribution in [3.63, 3.8) is 0 Å². The fraction of sp³-hybridized carbons (Fsp3) is 0.400. The minimum atomic E-state index is -0.480. The van der Waals surface area contributed by atoms with Gasteiger partial charge in [-0.3, -0.25) is 14.4 Å². The Bertz CT molecular complexity index is 1030.